The van der Waals surface area contributed by atoms with Gasteiger partial charge in [-0.05, 0) is 24.1 Å². The lowest BCUT2D eigenvalue weighted by molar-refractivity contribution is -0.142. The van der Waals surface area contributed by atoms with Crippen LogP contribution in [0.2, 0.25) is 0 Å². The summed E-state index contributed by atoms with van der Waals surface area (Å²) in [5.74, 6) is -0.613. The number of benzene rings is 1. The maximum Gasteiger partial charge on any atom is 0.416 e. The molecule has 0 saturated heterocycles. The average Bonchev–Trinajstić information content (AvgIpc) is 2.99. The van der Waals surface area contributed by atoms with E-state index in [9.17, 15) is 22.8 Å². The number of amides is 2. The van der Waals surface area contributed by atoms with Crippen LogP contribution in [0.3, 0.4) is 0 Å². The lowest BCUT2D eigenvalue weighted by Gasteiger charge is -2.30. The van der Waals surface area contributed by atoms with Crippen LogP contribution in [0.25, 0.3) is 0 Å². The van der Waals surface area contributed by atoms with Crippen molar-refractivity contribution in [2.75, 3.05) is 38.3 Å². The third kappa shape index (κ3) is 5.00. The summed E-state index contributed by atoms with van der Waals surface area (Å²) in [5, 5.41) is 0. The van der Waals surface area contributed by atoms with Crippen LogP contribution in [0, 0.1) is 5.41 Å². The molecule has 0 spiro atoms. The summed E-state index contributed by atoms with van der Waals surface area (Å²) in [7, 11) is 1.50. The molecule has 2 rings (SSSR count). The molecule has 0 radical (unpaired) electrons. The molecule has 0 saturated carbocycles. The molecule has 8 heteroatoms. The maximum absolute atomic E-state index is 13.0. The van der Waals surface area contributed by atoms with Gasteiger partial charge in [0.05, 0.1) is 12.2 Å². The van der Waals surface area contributed by atoms with E-state index in [4.69, 9.17) is 4.74 Å². The number of methoxy groups -OCH3 is 1. The Balaban J connectivity index is 2.22. The molecule has 0 N–H and O–H groups in total. The summed E-state index contributed by atoms with van der Waals surface area (Å²) in [6.45, 7) is 5.86. The molecule has 1 aliphatic heterocycles. The van der Waals surface area contributed by atoms with Gasteiger partial charge < -0.3 is 14.5 Å². The van der Waals surface area contributed by atoms with Crippen LogP contribution < -0.4 is 4.90 Å². The Morgan fingerprint density at radius 2 is 1.89 bits per heavy atom. The summed E-state index contributed by atoms with van der Waals surface area (Å²) in [4.78, 5) is 28.1. The first-order valence-corrected chi connectivity index (χ1v) is 8.74. The molecular weight excluding hydrogens is 361 g/mol. The molecule has 5 nitrogen and oxygen atoms in total. The van der Waals surface area contributed by atoms with Crippen molar-refractivity contribution in [3.05, 3.63) is 29.3 Å². The molecule has 1 aliphatic rings. The average molecular weight is 386 g/mol. The number of ether oxygens (including phenoxy) is 1. The zero-order chi connectivity index (χ0) is 20.4. The second kappa shape index (κ2) is 7.88. The smallest absolute Gasteiger partial charge is 0.383 e. The normalized spacial score (nSPS) is 14.3. The molecule has 0 aromatic heterocycles. The van der Waals surface area contributed by atoms with E-state index >= 15 is 0 Å². The predicted molar refractivity (Wildman–Crippen MR) is 95.4 cm³/mol. The van der Waals surface area contributed by atoms with Crippen LogP contribution in [-0.2, 0) is 26.9 Å². The molecule has 0 unspecified atom stereocenters. The van der Waals surface area contributed by atoms with E-state index in [-0.39, 0.29) is 31.3 Å². The van der Waals surface area contributed by atoms with E-state index in [1.807, 2.05) is 0 Å². The van der Waals surface area contributed by atoms with Gasteiger partial charge in [-0.15, -0.1) is 0 Å². The van der Waals surface area contributed by atoms with Crippen LogP contribution in [-0.4, -0.2) is 50.1 Å². The number of fused-ring (bicyclic) bond motifs is 1. The van der Waals surface area contributed by atoms with Crippen LogP contribution in [0.5, 0.6) is 0 Å². The highest BCUT2D eigenvalue weighted by Crippen LogP contribution is 2.36. The van der Waals surface area contributed by atoms with Crippen LogP contribution in [0.4, 0.5) is 18.9 Å². The van der Waals surface area contributed by atoms with Crippen molar-refractivity contribution in [3.8, 4) is 0 Å². The van der Waals surface area contributed by atoms with Crippen molar-refractivity contribution in [2.45, 2.75) is 33.4 Å². The highest BCUT2D eigenvalue weighted by atomic mass is 19.4. The third-order valence-electron chi connectivity index (χ3n) is 4.43. The van der Waals surface area contributed by atoms with Gasteiger partial charge in [-0.1, -0.05) is 26.8 Å². The molecule has 27 heavy (non-hydrogen) atoms. The number of hydrogen-bond donors (Lipinski definition) is 0. The van der Waals surface area contributed by atoms with Crippen molar-refractivity contribution in [3.63, 3.8) is 0 Å². The minimum atomic E-state index is -4.47. The van der Waals surface area contributed by atoms with Crippen LogP contribution >= 0.6 is 0 Å². The summed E-state index contributed by atoms with van der Waals surface area (Å²) in [6, 6.07) is 3.45. The van der Waals surface area contributed by atoms with Gasteiger partial charge >= 0.3 is 6.18 Å². The Bertz CT molecular complexity index is 711. The van der Waals surface area contributed by atoms with E-state index in [0.29, 0.717) is 18.5 Å². The molecule has 0 bridgehead atoms. The number of halogens is 3. The van der Waals surface area contributed by atoms with Crippen molar-refractivity contribution >= 4 is 17.5 Å². The highest BCUT2D eigenvalue weighted by molar-refractivity contribution is 5.99. The summed E-state index contributed by atoms with van der Waals surface area (Å²) in [6.07, 6.45) is -3.98. The Morgan fingerprint density at radius 3 is 2.44 bits per heavy atom. The largest absolute Gasteiger partial charge is 0.416 e. The van der Waals surface area contributed by atoms with Gasteiger partial charge in [0, 0.05) is 31.3 Å². The third-order valence-corrected chi connectivity index (χ3v) is 4.43. The lowest BCUT2D eigenvalue weighted by Crippen LogP contribution is -2.47. The first-order valence-electron chi connectivity index (χ1n) is 8.74. The fraction of sp³-hybridized carbons (Fsp3) is 0.579. The fourth-order valence-corrected chi connectivity index (χ4v) is 2.99. The Labute approximate surface area is 157 Å². The number of hydrogen-bond acceptors (Lipinski definition) is 3. The molecule has 1 aromatic rings. The van der Waals surface area contributed by atoms with Gasteiger partial charge in [0.2, 0.25) is 11.8 Å². The number of nitrogens with zero attached hydrogens (tertiary/aromatic N) is 2. The Kier molecular flexibility index (Phi) is 6.19. The summed E-state index contributed by atoms with van der Waals surface area (Å²) >= 11 is 0. The second-order valence-electron chi connectivity index (χ2n) is 7.61. The highest BCUT2D eigenvalue weighted by Gasteiger charge is 2.35. The molecule has 0 atom stereocenters. The van der Waals surface area contributed by atoms with E-state index in [2.05, 4.69) is 0 Å². The molecule has 2 amide bonds. The van der Waals surface area contributed by atoms with Gasteiger partial charge in [0.25, 0.3) is 0 Å². The zero-order valence-electron chi connectivity index (χ0n) is 16.0. The van der Waals surface area contributed by atoms with Gasteiger partial charge in [-0.2, -0.15) is 13.2 Å². The van der Waals surface area contributed by atoms with Crippen molar-refractivity contribution in [2.24, 2.45) is 5.41 Å². The monoisotopic (exact) mass is 386 g/mol. The van der Waals surface area contributed by atoms with Crippen LogP contribution in [0.15, 0.2) is 18.2 Å². The van der Waals surface area contributed by atoms with E-state index in [0.717, 1.165) is 12.1 Å². The standard InChI is InChI=1S/C19H25F3N2O3/c1-18(2,3)17(26)23(9-10-27-4)12-16(25)24-8-7-13-5-6-14(11-15(13)24)19(20,21)22/h5-6,11H,7-10,12H2,1-4H3. The first kappa shape index (κ1) is 21.2. The van der Waals surface area contributed by atoms with E-state index in [1.165, 1.54) is 23.0 Å². The Morgan fingerprint density at radius 1 is 1.22 bits per heavy atom. The molecule has 150 valence electrons. The quantitative estimate of drug-likeness (QED) is 0.781. The first-order chi connectivity index (χ1) is 12.4. The minimum absolute atomic E-state index is 0.199. The number of carbonyl (C=O) groups excluding carboxylic acids is 2. The predicted octanol–water partition coefficient (Wildman–Crippen LogP) is 3.12. The molecule has 0 fully saturated rings. The topological polar surface area (TPSA) is 49.9 Å². The molecule has 0 aliphatic carbocycles. The molecule has 1 aromatic carbocycles. The summed E-state index contributed by atoms with van der Waals surface area (Å²) in [5.41, 5.74) is -0.505. The zero-order valence-corrected chi connectivity index (χ0v) is 16.0. The fourth-order valence-electron chi connectivity index (χ4n) is 2.99. The minimum Gasteiger partial charge on any atom is -0.383 e. The number of carbonyl (C=O) groups is 2. The van der Waals surface area contributed by atoms with Crippen LogP contribution in [0.1, 0.15) is 31.9 Å². The molecule has 1 heterocycles. The number of rotatable bonds is 5. The molecular formula is C19H25F3N2O3. The maximum atomic E-state index is 13.0. The lowest BCUT2D eigenvalue weighted by atomic mass is 9.94. The van der Waals surface area contributed by atoms with Crippen molar-refractivity contribution in [1.82, 2.24) is 4.90 Å². The van der Waals surface area contributed by atoms with E-state index < -0.39 is 23.1 Å². The van der Waals surface area contributed by atoms with Gasteiger partial charge in [-0.3, -0.25) is 9.59 Å². The van der Waals surface area contributed by atoms with Gasteiger partial charge in [0.1, 0.15) is 6.54 Å². The summed E-state index contributed by atoms with van der Waals surface area (Å²) < 4.78 is 44.0. The van der Waals surface area contributed by atoms with Gasteiger partial charge in [0.15, 0.2) is 0 Å². The Hall–Kier alpha value is -2.09. The van der Waals surface area contributed by atoms with E-state index in [1.54, 1.807) is 20.8 Å². The number of alkyl halides is 3. The van der Waals surface area contributed by atoms with Gasteiger partial charge in [-0.25, -0.2) is 0 Å². The second-order valence-corrected chi connectivity index (χ2v) is 7.61. The van der Waals surface area contributed by atoms with Crippen molar-refractivity contribution in [1.29, 1.82) is 0 Å². The van der Waals surface area contributed by atoms with Crippen molar-refractivity contribution < 1.29 is 27.5 Å². The number of anilines is 1. The SMILES string of the molecule is COCCN(CC(=O)N1CCc2ccc(C(F)(F)F)cc21)C(=O)C(C)(C)C.